The molecule has 29 heavy (non-hydrogen) atoms. The number of aromatic hydroxyl groups is 1. The van der Waals surface area contributed by atoms with E-state index in [0.717, 1.165) is 39.8 Å². The smallest absolute Gasteiger partial charge is 0.293 e. The van der Waals surface area contributed by atoms with Gasteiger partial charge in [-0.1, -0.05) is 6.92 Å². The fraction of sp³-hybridized carbons (Fsp3) is 0.318. The molecule has 0 fully saturated rings. The second-order valence-electron chi connectivity index (χ2n) is 7.11. The lowest BCUT2D eigenvalue weighted by Gasteiger charge is -2.17. The lowest BCUT2D eigenvalue weighted by Crippen LogP contribution is -2.26. The third-order valence-corrected chi connectivity index (χ3v) is 5.62. The van der Waals surface area contributed by atoms with E-state index in [1.54, 1.807) is 29.9 Å². The Labute approximate surface area is 167 Å². The van der Waals surface area contributed by atoms with Gasteiger partial charge in [0.2, 0.25) is 0 Å². The highest BCUT2D eigenvalue weighted by atomic mass is 16.5. The summed E-state index contributed by atoms with van der Waals surface area (Å²) >= 11 is 0. The highest BCUT2D eigenvalue weighted by Gasteiger charge is 2.29. The molecule has 1 N–H and O–H groups in total. The third-order valence-electron chi connectivity index (χ3n) is 5.62. The van der Waals surface area contributed by atoms with Gasteiger partial charge in [0.15, 0.2) is 0 Å². The first kappa shape index (κ1) is 19.1. The molecule has 3 aromatic rings. The molecule has 7 nitrogen and oxygen atoms in total. The van der Waals surface area contributed by atoms with Crippen molar-refractivity contribution in [3.63, 3.8) is 0 Å². The average Bonchev–Trinajstić information content (AvgIpc) is 3.09. The zero-order chi connectivity index (χ0) is 20.7. The van der Waals surface area contributed by atoms with Crippen molar-refractivity contribution in [3.8, 4) is 17.1 Å². The lowest BCUT2D eigenvalue weighted by molar-refractivity contribution is -0.129. The Morgan fingerprint density at radius 3 is 2.79 bits per heavy atom. The Kier molecular flexibility index (Phi) is 4.84. The summed E-state index contributed by atoms with van der Waals surface area (Å²) in [6.45, 7) is 4.52. The van der Waals surface area contributed by atoms with E-state index < -0.39 is 0 Å². The molecule has 0 saturated heterocycles. The highest BCUT2D eigenvalue weighted by molar-refractivity contribution is 5.89. The van der Waals surface area contributed by atoms with Crippen molar-refractivity contribution in [1.82, 2.24) is 9.55 Å². The van der Waals surface area contributed by atoms with E-state index in [1.165, 1.54) is 0 Å². The van der Waals surface area contributed by atoms with Gasteiger partial charge >= 0.3 is 0 Å². The number of ether oxygens (including phenoxy) is 2. The molecule has 1 aromatic carbocycles. The number of nitrogens with zero attached hydrogens (tertiary/aromatic N) is 2. The number of carbonyl (C=O) groups excluding carboxylic acids is 1. The van der Waals surface area contributed by atoms with E-state index in [0.29, 0.717) is 24.1 Å². The summed E-state index contributed by atoms with van der Waals surface area (Å²) in [5.41, 5.74) is 5.19. The van der Waals surface area contributed by atoms with Crippen molar-refractivity contribution in [1.29, 1.82) is 0 Å². The van der Waals surface area contributed by atoms with Gasteiger partial charge in [-0.3, -0.25) is 9.59 Å². The number of aryl methyl sites for hydroxylation is 1. The predicted octanol–water partition coefficient (Wildman–Crippen LogP) is 3.07. The quantitative estimate of drug-likeness (QED) is 0.506. The molecule has 0 spiro atoms. The summed E-state index contributed by atoms with van der Waals surface area (Å²) in [7, 11) is 1.57. The highest BCUT2D eigenvalue weighted by Crippen LogP contribution is 2.38. The van der Waals surface area contributed by atoms with Crippen LogP contribution in [0.15, 0.2) is 29.1 Å². The predicted molar refractivity (Wildman–Crippen MR) is 108 cm³/mol. The second-order valence-corrected chi connectivity index (χ2v) is 7.11. The standard InChI is InChI=1S/C22H22N2O5/c1-4-14-16-7-13(26)5-6-19(16)23-21-17(14)9-24-20(21)8-15(12(2)28-3)18(22(24)27)10-29-11-25/h5-8,11-12,26H,4,9-10H2,1-3H3. The fourth-order valence-corrected chi connectivity index (χ4v) is 4.11. The van der Waals surface area contributed by atoms with Crippen LogP contribution >= 0.6 is 0 Å². The number of phenols is 1. The van der Waals surface area contributed by atoms with Crippen LogP contribution in [0.4, 0.5) is 0 Å². The molecule has 2 aromatic heterocycles. The minimum Gasteiger partial charge on any atom is -0.508 e. The van der Waals surface area contributed by atoms with E-state index in [9.17, 15) is 14.7 Å². The van der Waals surface area contributed by atoms with E-state index in [1.807, 2.05) is 19.9 Å². The molecule has 0 saturated carbocycles. The Hall–Kier alpha value is -3.19. The molecular weight excluding hydrogens is 372 g/mol. The van der Waals surface area contributed by atoms with Crippen LogP contribution in [0, 0.1) is 0 Å². The molecule has 3 heterocycles. The van der Waals surface area contributed by atoms with Crippen molar-refractivity contribution in [3.05, 3.63) is 56.9 Å². The van der Waals surface area contributed by atoms with Gasteiger partial charge in [0, 0.05) is 18.1 Å². The molecule has 150 valence electrons. The maximum atomic E-state index is 13.3. The van der Waals surface area contributed by atoms with Crippen LogP contribution in [0.25, 0.3) is 22.3 Å². The zero-order valence-electron chi connectivity index (χ0n) is 16.6. The largest absolute Gasteiger partial charge is 0.508 e. The van der Waals surface area contributed by atoms with Crippen LogP contribution in [0.2, 0.25) is 0 Å². The molecule has 1 atom stereocenters. The Morgan fingerprint density at radius 2 is 2.10 bits per heavy atom. The van der Waals surface area contributed by atoms with Crippen LogP contribution in [0.5, 0.6) is 5.75 Å². The number of hydrogen-bond donors (Lipinski definition) is 1. The Morgan fingerprint density at radius 1 is 1.31 bits per heavy atom. The molecule has 1 aliphatic heterocycles. The molecular formula is C22H22N2O5. The molecule has 0 aliphatic carbocycles. The van der Waals surface area contributed by atoms with Crippen molar-refractivity contribution in [2.75, 3.05) is 7.11 Å². The Bertz CT molecular complexity index is 1180. The number of phenolic OH excluding ortho intramolecular Hbond substituents is 1. The molecule has 0 bridgehead atoms. The van der Waals surface area contributed by atoms with E-state index >= 15 is 0 Å². The minimum atomic E-state index is -0.342. The van der Waals surface area contributed by atoms with Crippen molar-refractivity contribution in [2.24, 2.45) is 0 Å². The van der Waals surface area contributed by atoms with Gasteiger partial charge in [0.1, 0.15) is 12.4 Å². The monoisotopic (exact) mass is 394 g/mol. The molecule has 0 radical (unpaired) electrons. The van der Waals surface area contributed by atoms with Gasteiger partial charge in [0.25, 0.3) is 12.0 Å². The first-order valence-electron chi connectivity index (χ1n) is 9.49. The van der Waals surface area contributed by atoms with E-state index in [2.05, 4.69) is 0 Å². The third kappa shape index (κ3) is 2.98. The summed E-state index contributed by atoms with van der Waals surface area (Å²) in [4.78, 5) is 28.8. The van der Waals surface area contributed by atoms with Crippen molar-refractivity contribution < 1.29 is 19.4 Å². The molecule has 4 rings (SSSR count). The maximum Gasteiger partial charge on any atom is 0.293 e. The molecule has 7 heteroatoms. The lowest BCUT2D eigenvalue weighted by atomic mass is 9.98. The van der Waals surface area contributed by atoms with Gasteiger partial charge in [-0.2, -0.15) is 0 Å². The summed E-state index contributed by atoms with van der Waals surface area (Å²) in [5.74, 6) is 0.186. The zero-order valence-corrected chi connectivity index (χ0v) is 16.6. The first-order chi connectivity index (χ1) is 14.0. The van der Waals surface area contributed by atoms with Gasteiger partial charge in [-0.25, -0.2) is 4.98 Å². The molecule has 1 unspecified atom stereocenters. The SMILES string of the molecule is CCc1c2c(nc3ccc(O)cc13)-c1cc(C(C)OC)c(COC=O)c(=O)n1C2. The van der Waals surface area contributed by atoms with Gasteiger partial charge in [-0.05, 0) is 48.7 Å². The summed E-state index contributed by atoms with van der Waals surface area (Å²) < 4.78 is 12.0. The number of carbonyl (C=O) groups is 1. The Balaban J connectivity index is 2.00. The van der Waals surface area contributed by atoms with Crippen molar-refractivity contribution >= 4 is 17.4 Å². The summed E-state index contributed by atoms with van der Waals surface area (Å²) in [6.07, 6.45) is 0.404. The summed E-state index contributed by atoms with van der Waals surface area (Å²) in [5, 5.41) is 10.8. The topological polar surface area (TPSA) is 90.7 Å². The van der Waals surface area contributed by atoms with Crippen LogP contribution in [-0.2, 0) is 33.8 Å². The number of rotatable bonds is 6. The van der Waals surface area contributed by atoms with E-state index in [-0.39, 0.29) is 24.0 Å². The number of benzene rings is 1. The molecule has 1 aliphatic rings. The number of hydrogen-bond acceptors (Lipinski definition) is 6. The van der Waals surface area contributed by atoms with Crippen LogP contribution in [0.3, 0.4) is 0 Å². The number of aromatic nitrogens is 2. The second kappa shape index (κ2) is 7.33. The number of methoxy groups -OCH3 is 1. The van der Waals surface area contributed by atoms with Crippen molar-refractivity contribution in [2.45, 2.75) is 39.5 Å². The fourth-order valence-electron chi connectivity index (χ4n) is 4.11. The minimum absolute atomic E-state index is 0.105. The number of pyridine rings is 2. The first-order valence-corrected chi connectivity index (χ1v) is 9.49. The van der Waals surface area contributed by atoms with Crippen LogP contribution in [0.1, 0.15) is 42.2 Å². The van der Waals surface area contributed by atoms with Gasteiger partial charge < -0.3 is 19.1 Å². The average molecular weight is 394 g/mol. The maximum absolute atomic E-state index is 13.3. The normalized spacial score (nSPS) is 13.2. The van der Waals surface area contributed by atoms with Gasteiger partial charge in [0.05, 0.1) is 35.1 Å². The van der Waals surface area contributed by atoms with Crippen LogP contribution in [-0.4, -0.2) is 28.2 Å². The summed E-state index contributed by atoms with van der Waals surface area (Å²) in [6, 6.07) is 7.02. The number of fused-ring (bicyclic) bond motifs is 4. The van der Waals surface area contributed by atoms with Crippen LogP contribution < -0.4 is 5.56 Å². The van der Waals surface area contributed by atoms with Gasteiger partial charge in [-0.15, -0.1) is 0 Å². The molecule has 0 amide bonds. The van der Waals surface area contributed by atoms with E-state index in [4.69, 9.17) is 14.5 Å².